The van der Waals surface area contributed by atoms with Crippen LogP contribution in [0.25, 0.3) is 0 Å². The molecule has 0 atom stereocenters. The van der Waals surface area contributed by atoms with Crippen LogP contribution in [-0.2, 0) is 4.79 Å². The van der Waals surface area contributed by atoms with Crippen molar-refractivity contribution >= 4 is 27.5 Å². The van der Waals surface area contributed by atoms with Crippen molar-refractivity contribution in [3.05, 3.63) is 28.2 Å². The lowest BCUT2D eigenvalue weighted by atomic mass is 10.2. The standard InChI is InChI=1S/C15H22BrN3O2/c1-12-2-3-14(13(16)10-12)17-15(21)11-19-6-4-18(5-7-19)8-9-20/h2-3,10,20H,4-9,11H2,1H3,(H,17,21). The zero-order chi connectivity index (χ0) is 15.2. The van der Waals surface area contributed by atoms with Crippen LogP contribution in [0.5, 0.6) is 0 Å². The number of aliphatic hydroxyl groups excluding tert-OH is 1. The van der Waals surface area contributed by atoms with Gasteiger partial charge in [-0.2, -0.15) is 0 Å². The fourth-order valence-electron chi connectivity index (χ4n) is 2.43. The van der Waals surface area contributed by atoms with E-state index in [9.17, 15) is 4.79 Å². The second-order valence-corrected chi connectivity index (χ2v) is 6.23. The topological polar surface area (TPSA) is 55.8 Å². The summed E-state index contributed by atoms with van der Waals surface area (Å²) in [6.07, 6.45) is 0. The summed E-state index contributed by atoms with van der Waals surface area (Å²) in [5.74, 6) is 0.00941. The summed E-state index contributed by atoms with van der Waals surface area (Å²) in [4.78, 5) is 16.5. The second-order valence-electron chi connectivity index (χ2n) is 5.37. The molecule has 5 nitrogen and oxygen atoms in total. The zero-order valence-electron chi connectivity index (χ0n) is 12.3. The molecule has 0 unspecified atom stereocenters. The van der Waals surface area contributed by atoms with E-state index in [0.29, 0.717) is 6.54 Å². The van der Waals surface area contributed by atoms with E-state index in [1.165, 1.54) is 0 Å². The van der Waals surface area contributed by atoms with E-state index in [2.05, 4.69) is 31.0 Å². The molecule has 6 heteroatoms. The molecule has 1 aliphatic rings. The predicted octanol–water partition coefficient (Wildman–Crippen LogP) is 1.31. The van der Waals surface area contributed by atoms with Gasteiger partial charge in [-0.15, -0.1) is 0 Å². The number of β-amino-alcohol motifs (C(OH)–C–C–N with tert-alkyl or cyclic N) is 1. The number of anilines is 1. The smallest absolute Gasteiger partial charge is 0.238 e. The molecular weight excluding hydrogens is 334 g/mol. The second kappa shape index (κ2) is 7.89. The molecule has 1 heterocycles. The van der Waals surface area contributed by atoms with Gasteiger partial charge in [-0.25, -0.2) is 0 Å². The minimum Gasteiger partial charge on any atom is -0.395 e. The summed E-state index contributed by atoms with van der Waals surface area (Å²) in [5.41, 5.74) is 1.96. The molecule has 2 rings (SSSR count). The molecule has 1 aromatic carbocycles. The van der Waals surface area contributed by atoms with Crippen molar-refractivity contribution in [3.8, 4) is 0 Å². The number of hydrogen-bond acceptors (Lipinski definition) is 4. The third kappa shape index (κ3) is 5.07. The summed E-state index contributed by atoms with van der Waals surface area (Å²) < 4.78 is 0.906. The lowest BCUT2D eigenvalue weighted by molar-refractivity contribution is -0.117. The van der Waals surface area contributed by atoms with Crippen LogP contribution in [0.4, 0.5) is 5.69 Å². The van der Waals surface area contributed by atoms with E-state index in [0.717, 1.165) is 48.4 Å². The van der Waals surface area contributed by atoms with E-state index in [-0.39, 0.29) is 12.5 Å². The van der Waals surface area contributed by atoms with Gasteiger partial charge in [-0.05, 0) is 40.5 Å². The van der Waals surface area contributed by atoms with Gasteiger partial charge >= 0.3 is 0 Å². The molecule has 0 aliphatic carbocycles. The van der Waals surface area contributed by atoms with Crippen LogP contribution in [-0.4, -0.2) is 66.7 Å². The van der Waals surface area contributed by atoms with Crippen molar-refractivity contribution in [1.29, 1.82) is 0 Å². The summed E-state index contributed by atoms with van der Waals surface area (Å²) >= 11 is 3.47. The number of carbonyl (C=O) groups is 1. The Morgan fingerprint density at radius 2 is 1.95 bits per heavy atom. The van der Waals surface area contributed by atoms with E-state index < -0.39 is 0 Å². The molecule has 1 aliphatic heterocycles. The maximum atomic E-state index is 12.1. The highest BCUT2D eigenvalue weighted by molar-refractivity contribution is 9.10. The maximum absolute atomic E-state index is 12.1. The molecule has 0 radical (unpaired) electrons. The number of piperazine rings is 1. The summed E-state index contributed by atoms with van der Waals surface area (Å²) in [7, 11) is 0. The number of rotatable bonds is 5. The SMILES string of the molecule is Cc1ccc(NC(=O)CN2CCN(CCO)CC2)c(Br)c1. The van der Waals surface area contributed by atoms with Gasteiger partial charge in [0.05, 0.1) is 18.8 Å². The van der Waals surface area contributed by atoms with Gasteiger partial charge in [-0.3, -0.25) is 14.6 Å². The van der Waals surface area contributed by atoms with Crippen molar-refractivity contribution in [2.24, 2.45) is 0 Å². The summed E-state index contributed by atoms with van der Waals surface area (Å²) in [5, 5.41) is 11.9. The number of carbonyl (C=O) groups excluding carboxylic acids is 1. The van der Waals surface area contributed by atoms with Gasteiger partial charge in [0.2, 0.25) is 5.91 Å². The Balaban J connectivity index is 1.80. The number of halogens is 1. The first-order valence-corrected chi connectivity index (χ1v) is 7.99. The molecular formula is C15H22BrN3O2. The Kier molecular flexibility index (Phi) is 6.17. The number of aliphatic hydroxyl groups is 1. The van der Waals surface area contributed by atoms with Crippen LogP contribution in [0.3, 0.4) is 0 Å². The van der Waals surface area contributed by atoms with Crippen molar-refractivity contribution in [3.63, 3.8) is 0 Å². The summed E-state index contributed by atoms with van der Waals surface area (Å²) in [6.45, 7) is 6.88. The largest absolute Gasteiger partial charge is 0.395 e. The lowest BCUT2D eigenvalue weighted by Gasteiger charge is -2.33. The van der Waals surface area contributed by atoms with Crippen molar-refractivity contribution in [2.45, 2.75) is 6.92 Å². The Morgan fingerprint density at radius 3 is 2.57 bits per heavy atom. The van der Waals surface area contributed by atoms with Crippen LogP contribution in [0.2, 0.25) is 0 Å². The number of amides is 1. The van der Waals surface area contributed by atoms with Crippen LogP contribution in [0, 0.1) is 6.92 Å². The number of nitrogens with zero attached hydrogens (tertiary/aromatic N) is 2. The minimum atomic E-state index is 0.00941. The fraction of sp³-hybridized carbons (Fsp3) is 0.533. The first kappa shape index (κ1) is 16.4. The monoisotopic (exact) mass is 355 g/mol. The summed E-state index contributed by atoms with van der Waals surface area (Å²) in [6, 6.07) is 5.88. The van der Waals surface area contributed by atoms with Gasteiger partial charge in [0.1, 0.15) is 0 Å². The zero-order valence-corrected chi connectivity index (χ0v) is 13.9. The average molecular weight is 356 g/mol. The minimum absolute atomic E-state index is 0.00941. The van der Waals surface area contributed by atoms with Crippen molar-refractivity contribution in [2.75, 3.05) is 51.2 Å². The first-order chi connectivity index (χ1) is 10.1. The molecule has 0 aromatic heterocycles. The number of nitrogens with one attached hydrogen (secondary N) is 1. The molecule has 0 saturated carbocycles. The maximum Gasteiger partial charge on any atom is 0.238 e. The first-order valence-electron chi connectivity index (χ1n) is 7.20. The fourth-order valence-corrected chi connectivity index (χ4v) is 3.02. The third-order valence-corrected chi connectivity index (χ3v) is 4.30. The van der Waals surface area contributed by atoms with Crippen LogP contribution >= 0.6 is 15.9 Å². The average Bonchev–Trinajstić information content (AvgIpc) is 2.44. The van der Waals surface area contributed by atoms with Crippen LogP contribution < -0.4 is 5.32 Å². The highest BCUT2D eigenvalue weighted by Crippen LogP contribution is 2.23. The molecule has 1 aromatic rings. The quantitative estimate of drug-likeness (QED) is 0.835. The molecule has 116 valence electrons. The molecule has 0 bridgehead atoms. The Labute approximate surface area is 134 Å². The van der Waals surface area contributed by atoms with E-state index in [1.54, 1.807) is 0 Å². The van der Waals surface area contributed by atoms with Gasteiger partial charge < -0.3 is 10.4 Å². The van der Waals surface area contributed by atoms with Gasteiger partial charge in [0.15, 0.2) is 0 Å². The highest BCUT2D eigenvalue weighted by atomic mass is 79.9. The molecule has 1 fully saturated rings. The molecule has 1 saturated heterocycles. The van der Waals surface area contributed by atoms with Crippen LogP contribution in [0.15, 0.2) is 22.7 Å². The Bertz CT molecular complexity index is 488. The van der Waals surface area contributed by atoms with E-state index >= 15 is 0 Å². The van der Waals surface area contributed by atoms with E-state index in [4.69, 9.17) is 5.11 Å². The van der Waals surface area contributed by atoms with Crippen LogP contribution in [0.1, 0.15) is 5.56 Å². The highest BCUT2D eigenvalue weighted by Gasteiger charge is 2.18. The van der Waals surface area contributed by atoms with Gasteiger partial charge in [0.25, 0.3) is 0 Å². The molecule has 2 N–H and O–H groups in total. The lowest BCUT2D eigenvalue weighted by Crippen LogP contribution is -2.49. The van der Waals surface area contributed by atoms with E-state index in [1.807, 2.05) is 25.1 Å². The van der Waals surface area contributed by atoms with Gasteiger partial charge in [-0.1, -0.05) is 6.07 Å². The molecule has 0 spiro atoms. The molecule has 1 amide bonds. The third-order valence-electron chi connectivity index (χ3n) is 3.65. The number of aryl methyl sites for hydroxylation is 1. The Morgan fingerprint density at radius 1 is 1.29 bits per heavy atom. The number of hydrogen-bond donors (Lipinski definition) is 2. The van der Waals surface area contributed by atoms with Crippen molar-refractivity contribution < 1.29 is 9.90 Å². The van der Waals surface area contributed by atoms with Crippen molar-refractivity contribution in [1.82, 2.24) is 9.80 Å². The van der Waals surface area contributed by atoms with Gasteiger partial charge in [0, 0.05) is 37.2 Å². The predicted molar refractivity (Wildman–Crippen MR) is 87.5 cm³/mol. The normalized spacial score (nSPS) is 16.9. The Hall–Kier alpha value is -0.950. The number of benzene rings is 1. The molecule has 21 heavy (non-hydrogen) atoms.